The van der Waals surface area contributed by atoms with Gasteiger partial charge < -0.3 is 16.4 Å². The molecule has 106 valence electrons. The van der Waals surface area contributed by atoms with Crippen molar-refractivity contribution in [2.24, 2.45) is 0 Å². The molecular weight excluding hydrogens is 272 g/mol. The van der Waals surface area contributed by atoms with Crippen LogP contribution in [0.4, 0.5) is 11.4 Å². The van der Waals surface area contributed by atoms with Gasteiger partial charge in [0.05, 0.1) is 11.6 Å². The number of hydrogen-bond acceptors (Lipinski definition) is 5. The lowest BCUT2D eigenvalue weighted by atomic mass is 10.1. The molecule has 0 spiro atoms. The Bertz CT molecular complexity index is 623. The van der Waals surface area contributed by atoms with Crippen LogP contribution in [0.3, 0.4) is 0 Å². The molecule has 0 fully saturated rings. The van der Waals surface area contributed by atoms with Crippen LogP contribution in [0.5, 0.6) is 0 Å². The number of amides is 1. The highest BCUT2D eigenvalue weighted by molar-refractivity contribution is 7.09. The lowest BCUT2D eigenvalue weighted by molar-refractivity contribution is 0.0964. The topological polar surface area (TPSA) is 80.0 Å². The van der Waals surface area contributed by atoms with E-state index in [-0.39, 0.29) is 11.9 Å². The zero-order chi connectivity index (χ0) is 14.7. The second-order valence-corrected chi connectivity index (χ2v) is 5.47. The summed E-state index contributed by atoms with van der Waals surface area (Å²) in [6, 6.07) is 5.21. The van der Waals surface area contributed by atoms with Gasteiger partial charge in [-0.2, -0.15) is 0 Å². The van der Waals surface area contributed by atoms with E-state index >= 15 is 0 Å². The lowest BCUT2D eigenvalue weighted by Crippen LogP contribution is -2.20. The minimum Gasteiger partial charge on any atom is -0.399 e. The number of thiazole rings is 1. The molecule has 0 aliphatic heterocycles. The van der Waals surface area contributed by atoms with Gasteiger partial charge in [0.25, 0.3) is 5.91 Å². The minimum absolute atomic E-state index is 0.0129. The van der Waals surface area contributed by atoms with Gasteiger partial charge in [0.1, 0.15) is 5.01 Å². The molecule has 1 heterocycles. The number of carbonyl (C=O) groups excluding carboxylic acids is 1. The van der Waals surface area contributed by atoms with Gasteiger partial charge in [-0.1, -0.05) is 0 Å². The van der Waals surface area contributed by atoms with Crippen molar-refractivity contribution < 1.29 is 4.79 Å². The second-order valence-electron chi connectivity index (χ2n) is 4.58. The Morgan fingerprint density at radius 2 is 2.20 bits per heavy atom. The van der Waals surface area contributed by atoms with Crippen molar-refractivity contribution in [1.82, 2.24) is 10.3 Å². The van der Waals surface area contributed by atoms with Crippen LogP contribution in [0.15, 0.2) is 23.6 Å². The lowest BCUT2D eigenvalue weighted by Gasteiger charge is -2.16. The van der Waals surface area contributed by atoms with Crippen molar-refractivity contribution in [3.05, 3.63) is 39.8 Å². The van der Waals surface area contributed by atoms with Crippen molar-refractivity contribution in [2.75, 3.05) is 18.1 Å². The highest BCUT2D eigenvalue weighted by atomic mass is 32.1. The van der Waals surface area contributed by atoms with Crippen LogP contribution < -0.4 is 16.4 Å². The Morgan fingerprint density at radius 1 is 1.45 bits per heavy atom. The van der Waals surface area contributed by atoms with Crippen LogP contribution in [0, 0.1) is 6.92 Å². The van der Waals surface area contributed by atoms with Crippen LogP contribution in [0.25, 0.3) is 0 Å². The van der Waals surface area contributed by atoms with Crippen LogP contribution in [-0.2, 0) is 0 Å². The predicted octanol–water partition coefficient (Wildman–Crippen LogP) is 2.57. The molecule has 0 saturated heterocycles. The molecule has 2 rings (SSSR count). The third-order valence-electron chi connectivity index (χ3n) is 2.89. The maximum Gasteiger partial charge on any atom is 0.253 e. The molecule has 1 aromatic heterocycles. The van der Waals surface area contributed by atoms with E-state index in [1.54, 1.807) is 36.6 Å². The molecule has 0 aliphatic carbocycles. The number of benzene rings is 1. The van der Waals surface area contributed by atoms with Gasteiger partial charge in [0.15, 0.2) is 0 Å². The maximum atomic E-state index is 11.9. The molecule has 1 atom stereocenters. The Balaban J connectivity index is 2.28. The Hall–Kier alpha value is -2.08. The Kier molecular flexibility index (Phi) is 4.24. The number of aryl methyl sites for hydroxylation is 1. The average molecular weight is 290 g/mol. The first kappa shape index (κ1) is 14.3. The van der Waals surface area contributed by atoms with Gasteiger partial charge in [-0.3, -0.25) is 4.79 Å². The number of nitrogen functional groups attached to an aromatic ring is 1. The molecular formula is C14H18N4OS. The van der Waals surface area contributed by atoms with E-state index in [4.69, 9.17) is 5.73 Å². The van der Waals surface area contributed by atoms with E-state index in [1.165, 1.54) is 0 Å². The molecule has 4 N–H and O–H groups in total. The van der Waals surface area contributed by atoms with Gasteiger partial charge in [0, 0.05) is 29.5 Å². The maximum absolute atomic E-state index is 11.9. The van der Waals surface area contributed by atoms with E-state index < -0.39 is 0 Å². The van der Waals surface area contributed by atoms with E-state index in [2.05, 4.69) is 15.6 Å². The van der Waals surface area contributed by atoms with E-state index in [9.17, 15) is 4.79 Å². The molecule has 1 aromatic carbocycles. The summed E-state index contributed by atoms with van der Waals surface area (Å²) in [6.45, 7) is 3.97. The van der Waals surface area contributed by atoms with Gasteiger partial charge in [-0.15, -0.1) is 11.3 Å². The first-order valence-electron chi connectivity index (χ1n) is 6.31. The largest absolute Gasteiger partial charge is 0.399 e. The summed E-state index contributed by atoms with van der Waals surface area (Å²) < 4.78 is 0. The minimum atomic E-state index is -0.144. The smallest absolute Gasteiger partial charge is 0.253 e. The van der Waals surface area contributed by atoms with E-state index in [0.717, 1.165) is 10.7 Å². The quantitative estimate of drug-likeness (QED) is 0.756. The molecule has 0 bridgehead atoms. The van der Waals surface area contributed by atoms with Crippen LogP contribution in [0.1, 0.15) is 34.0 Å². The van der Waals surface area contributed by atoms with Crippen molar-refractivity contribution >= 4 is 28.6 Å². The monoisotopic (exact) mass is 290 g/mol. The van der Waals surface area contributed by atoms with Crippen LogP contribution in [0.2, 0.25) is 0 Å². The predicted molar refractivity (Wildman–Crippen MR) is 83.1 cm³/mol. The third-order valence-corrected chi connectivity index (χ3v) is 4.04. The van der Waals surface area contributed by atoms with Gasteiger partial charge >= 0.3 is 0 Å². The summed E-state index contributed by atoms with van der Waals surface area (Å²) in [5.74, 6) is -0.144. The molecule has 2 aromatic rings. The van der Waals surface area contributed by atoms with Gasteiger partial charge in [-0.05, 0) is 32.0 Å². The number of nitrogens with zero attached hydrogens (tertiary/aromatic N) is 1. The molecule has 1 amide bonds. The number of aromatic nitrogens is 1. The average Bonchev–Trinajstić information content (AvgIpc) is 2.85. The summed E-state index contributed by atoms with van der Waals surface area (Å²) in [7, 11) is 1.61. The molecule has 0 saturated carbocycles. The zero-order valence-electron chi connectivity index (χ0n) is 11.7. The molecule has 20 heavy (non-hydrogen) atoms. The standard InChI is InChI=1S/C14H18N4OS/c1-8-7-20-14(17-8)9(2)18-12-6-10(15)4-5-11(12)13(19)16-3/h4-7,9,18H,15H2,1-3H3,(H,16,19). The summed E-state index contributed by atoms with van der Waals surface area (Å²) >= 11 is 1.60. The van der Waals surface area contributed by atoms with Gasteiger partial charge in [0.2, 0.25) is 0 Å². The second kappa shape index (κ2) is 5.92. The number of anilines is 2. The van der Waals surface area contributed by atoms with Crippen molar-refractivity contribution in [3.8, 4) is 0 Å². The number of nitrogens with one attached hydrogen (secondary N) is 2. The normalized spacial score (nSPS) is 11.9. The molecule has 5 nitrogen and oxygen atoms in total. The molecule has 1 unspecified atom stereocenters. The van der Waals surface area contributed by atoms with Crippen molar-refractivity contribution in [3.63, 3.8) is 0 Å². The highest BCUT2D eigenvalue weighted by Crippen LogP contribution is 2.26. The Labute approximate surface area is 122 Å². The first-order chi connectivity index (χ1) is 9.51. The summed E-state index contributed by atoms with van der Waals surface area (Å²) in [5.41, 5.74) is 8.70. The van der Waals surface area contributed by atoms with E-state index in [1.807, 2.05) is 19.2 Å². The fraction of sp³-hybridized carbons (Fsp3) is 0.286. The molecule has 0 aliphatic rings. The number of carbonyl (C=O) groups is 1. The Morgan fingerprint density at radius 3 is 2.80 bits per heavy atom. The third kappa shape index (κ3) is 3.08. The fourth-order valence-electron chi connectivity index (χ4n) is 1.88. The van der Waals surface area contributed by atoms with Gasteiger partial charge in [-0.25, -0.2) is 4.98 Å². The van der Waals surface area contributed by atoms with Crippen molar-refractivity contribution in [2.45, 2.75) is 19.9 Å². The first-order valence-corrected chi connectivity index (χ1v) is 7.19. The van der Waals surface area contributed by atoms with Crippen LogP contribution in [-0.4, -0.2) is 17.9 Å². The van der Waals surface area contributed by atoms with Crippen molar-refractivity contribution in [1.29, 1.82) is 0 Å². The summed E-state index contributed by atoms with van der Waals surface area (Å²) in [6.07, 6.45) is 0. The number of hydrogen-bond donors (Lipinski definition) is 3. The summed E-state index contributed by atoms with van der Waals surface area (Å²) in [5, 5.41) is 8.91. The fourth-order valence-corrected chi connectivity index (χ4v) is 2.68. The highest BCUT2D eigenvalue weighted by Gasteiger charge is 2.15. The number of rotatable bonds is 4. The number of nitrogens with two attached hydrogens (primary N) is 1. The van der Waals surface area contributed by atoms with Crippen LogP contribution >= 0.6 is 11.3 Å². The molecule has 6 heteroatoms. The summed E-state index contributed by atoms with van der Waals surface area (Å²) in [4.78, 5) is 16.3. The molecule has 0 radical (unpaired) electrons. The van der Waals surface area contributed by atoms with E-state index in [0.29, 0.717) is 16.9 Å². The SMILES string of the molecule is CNC(=O)c1ccc(N)cc1NC(C)c1nc(C)cs1. The zero-order valence-corrected chi connectivity index (χ0v) is 12.5.